The van der Waals surface area contributed by atoms with Crippen molar-refractivity contribution in [3.8, 4) is 0 Å². The molecule has 2 aromatic carbocycles. The topological polar surface area (TPSA) is 32.3 Å². The fourth-order valence-electron chi connectivity index (χ4n) is 2.71. The number of benzene rings is 2. The summed E-state index contributed by atoms with van der Waals surface area (Å²) in [5.41, 5.74) is 3.13. The molecule has 2 aromatic rings. The van der Waals surface area contributed by atoms with Crippen molar-refractivity contribution in [2.45, 2.75) is 24.0 Å². The Hall–Kier alpha value is -1.94. The van der Waals surface area contributed by atoms with Gasteiger partial charge in [-0.2, -0.15) is 0 Å². The number of hydrogen-bond acceptors (Lipinski definition) is 3. The molecule has 3 nitrogen and oxygen atoms in total. The molecular weight excluding hydrogens is 292 g/mol. The van der Waals surface area contributed by atoms with E-state index in [4.69, 9.17) is 0 Å². The number of anilines is 2. The van der Waals surface area contributed by atoms with E-state index in [0.29, 0.717) is 11.8 Å². The number of carbonyl (C=O) groups excluding carboxylic acids is 1. The number of thioether (sulfide) groups is 1. The minimum atomic E-state index is 0.0307. The van der Waals surface area contributed by atoms with Crippen LogP contribution in [0.5, 0.6) is 0 Å². The Morgan fingerprint density at radius 3 is 2.77 bits per heavy atom. The number of fused-ring (bicyclic) bond motifs is 1. The van der Waals surface area contributed by atoms with E-state index in [1.54, 1.807) is 0 Å². The van der Waals surface area contributed by atoms with Crippen LogP contribution in [0.25, 0.3) is 0 Å². The van der Waals surface area contributed by atoms with E-state index in [2.05, 4.69) is 35.3 Å². The largest absolute Gasteiger partial charge is 0.360 e. The molecule has 1 amide bonds. The van der Waals surface area contributed by atoms with E-state index >= 15 is 0 Å². The van der Waals surface area contributed by atoms with Gasteiger partial charge in [-0.1, -0.05) is 37.3 Å². The average Bonchev–Trinajstić information content (AvgIpc) is 2.49. The third-order valence-electron chi connectivity index (χ3n) is 3.77. The lowest BCUT2D eigenvalue weighted by atomic mass is 10.2. The number of nitrogens with one attached hydrogen (secondary N) is 1. The molecule has 22 heavy (non-hydrogen) atoms. The lowest BCUT2D eigenvalue weighted by Gasteiger charge is -2.33. The number of hydrogen-bond donors (Lipinski definition) is 1. The highest BCUT2D eigenvalue weighted by atomic mass is 32.2. The molecule has 114 valence electrons. The molecule has 4 heteroatoms. The summed E-state index contributed by atoms with van der Waals surface area (Å²) in [6.07, 6.45) is 0. The Labute approximate surface area is 135 Å². The van der Waals surface area contributed by atoms with Crippen LogP contribution in [-0.4, -0.2) is 24.2 Å². The zero-order chi connectivity index (χ0) is 15.5. The second-order valence-corrected chi connectivity index (χ2v) is 7.12. The van der Waals surface area contributed by atoms with Gasteiger partial charge in [0.05, 0.1) is 12.2 Å². The molecule has 1 unspecified atom stereocenters. The SMILES string of the molecule is Cc1ccccc1NC(=O)CN1CC(C)Sc2ccccc21. The summed E-state index contributed by atoms with van der Waals surface area (Å²) < 4.78 is 0. The Morgan fingerprint density at radius 1 is 1.23 bits per heavy atom. The minimum absolute atomic E-state index is 0.0307. The van der Waals surface area contributed by atoms with Gasteiger partial charge in [0.2, 0.25) is 5.91 Å². The fourth-order valence-corrected chi connectivity index (χ4v) is 3.87. The molecule has 0 spiro atoms. The van der Waals surface area contributed by atoms with E-state index < -0.39 is 0 Å². The smallest absolute Gasteiger partial charge is 0.243 e. The maximum atomic E-state index is 12.4. The second-order valence-electron chi connectivity index (χ2n) is 5.64. The number of para-hydroxylation sites is 2. The molecule has 3 rings (SSSR count). The summed E-state index contributed by atoms with van der Waals surface area (Å²) in [5.74, 6) is 0.0307. The van der Waals surface area contributed by atoms with E-state index in [0.717, 1.165) is 23.5 Å². The fraction of sp³-hybridized carbons (Fsp3) is 0.278. The third kappa shape index (κ3) is 3.28. The van der Waals surface area contributed by atoms with E-state index in [1.807, 2.05) is 49.0 Å². The minimum Gasteiger partial charge on any atom is -0.360 e. The molecule has 0 saturated heterocycles. The highest BCUT2D eigenvalue weighted by Crippen LogP contribution is 2.37. The van der Waals surface area contributed by atoms with Gasteiger partial charge in [-0.3, -0.25) is 4.79 Å². The van der Waals surface area contributed by atoms with Gasteiger partial charge in [0, 0.05) is 22.4 Å². The number of nitrogens with zero attached hydrogens (tertiary/aromatic N) is 1. The van der Waals surface area contributed by atoms with Crippen LogP contribution in [0.3, 0.4) is 0 Å². The zero-order valence-corrected chi connectivity index (χ0v) is 13.7. The van der Waals surface area contributed by atoms with E-state index in [-0.39, 0.29) is 5.91 Å². The molecule has 0 bridgehead atoms. The first kappa shape index (κ1) is 15.0. The van der Waals surface area contributed by atoms with Crippen molar-refractivity contribution in [3.05, 3.63) is 54.1 Å². The molecule has 0 fully saturated rings. The van der Waals surface area contributed by atoms with Crippen LogP contribution >= 0.6 is 11.8 Å². The van der Waals surface area contributed by atoms with Crippen molar-refractivity contribution in [2.75, 3.05) is 23.3 Å². The highest BCUT2D eigenvalue weighted by Gasteiger charge is 2.23. The van der Waals surface area contributed by atoms with Crippen LogP contribution in [0.4, 0.5) is 11.4 Å². The average molecular weight is 312 g/mol. The van der Waals surface area contributed by atoms with E-state index in [1.165, 1.54) is 4.90 Å². The lowest BCUT2D eigenvalue weighted by Crippen LogP contribution is -2.39. The molecular formula is C18H20N2OS. The summed E-state index contributed by atoms with van der Waals surface area (Å²) in [6.45, 7) is 5.48. The van der Waals surface area contributed by atoms with Crippen molar-refractivity contribution in [1.29, 1.82) is 0 Å². The molecule has 0 aliphatic carbocycles. The first-order valence-corrected chi connectivity index (χ1v) is 8.37. The summed E-state index contributed by atoms with van der Waals surface area (Å²) in [4.78, 5) is 15.8. The van der Waals surface area contributed by atoms with Crippen molar-refractivity contribution in [2.24, 2.45) is 0 Å². The molecule has 1 aliphatic rings. The van der Waals surface area contributed by atoms with Gasteiger partial charge in [0.15, 0.2) is 0 Å². The van der Waals surface area contributed by atoms with Crippen molar-refractivity contribution in [1.82, 2.24) is 0 Å². The van der Waals surface area contributed by atoms with Gasteiger partial charge in [-0.15, -0.1) is 11.8 Å². The Balaban J connectivity index is 1.73. The van der Waals surface area contributed by atoms with Crippen LogP contribution in [0.1, 0.15) is 12.5 Å². The van der Waals surface area contributed by atoms with Gasteiger partial charge in [-0.25, -0.2) is 0 Å². The van der Waals surface area contributed by atoms with Gasteiger partial charge in [0.25, 0.3) is 0 Å². The Bertz CT molecular complexity index is 686. The van der Waals surface area contributed by atoms with Crippen LogP contribution in [0.2, 0.25) is 0 Å². The van der Waals surface area contributed by atoms with Gasteiger partial charge >= 0.3 is 0 Å². The summed E-state index contributed by atoms with van der Waals surface area (Å²) in [7, 11) is 0. The van der Waals surface area contributed by atoms with Crippen LogP contribution < -0.4 is 10.2 Å². The predicted molar refractivity (Wildman–Crippen MR) is 93.8 cm³/mol. The summed E-state index contributed by atoms with van der Waals surface area (Å²) in [5, 5.41) is 3.50. The van der Waals surface area contributed by atoms with Crippen LogP contribution in [0.15, 0.2) is 53.4 Å². The number of amides is 1. The monoisotopic (exact) mass is 312 g/mol. The quantitative estimate of drug-likeness (QED) is 0.932. The van der Waals surface area contributed by atoms with Crippen LogP contribution in [-0.2, 0) is 4.79 Å². The standard InChI is InChI=1S/C18H20N2OS/c1-13-7-3-4-8-15(13)19-18(21)12-20-11-14(2)22-17-10-6-5-9-16(17)20/h3-10,14H,11-12H2,1-2H3,(H,19,21). The normalized spacial score (nSPS) is 17.0. The van der Waals surface area contributed by atoms with Crippen molar-refractivity contribution < 1.29 is 4.79 Å². The lowest BCUT2D eigenvalue weighted by molar-refractivity contribution is -0.115. The Kier molecular flexibility index (Phi) is 4.39. The summed E-state index contributed by atoms with van der Waals surface area (Å²) in [6, 6.07) is 16.2. The summed E-state index contributed by atoms with van der Waals surface area (Å²) >= 11 is 1.88. The van der Waals surface area contributed by atoms with Gasteiger partial charge in [0.1, 0.15) is 0 Å². The van der Waals surface area contributed by atoms with Crippen LogP contribution in [0, 0.1) is 6.92 Å². The number of aryl methyl sites for hydroxylation is 1. The zero-order valence-electron chi connectivity index (χ0n) is 12.9. The molecule has 0 saturated carbocycles. The number of rotatable bonds is 3. The molecule has 0 aromatic heterocycles. The maximum Gasteiger partial charge on any atom is 0.243 e. The predicted octanol–water partition coefficient (Wildman–Crippen LogP) is 3.93. The maximum absolute atomic E-state index is 12.4. The second kappa shape index (κ2) is 6.44. The number of carbonyl (C=O) groups is 1. The molecule has 1 aliphatic heterocycles. The Morgan fingerprint density at radius 2 is 1.95 bits per heavy atom. The first-order valence-electron chi connectivity index (χ1n) is 7.49. The molecule has 1 N–H and O–H groups in total. The molecule has 1 heterocycles. The molecule has 1 atom stereocenters. The van der Waals surface area contributed by atoms with Crippen molar-refractivity contribution >= 4 is 29.0 Å². The third-order valence-corrected chi connectivity index (χ3v) is 4.92. The first-order chi connectivity index (χ1) is 10.6. The van der Waals surface area contributed by atoms with Gasteiger partial charge in [-0.05, 0) is 30.7 Å². The molecule has 0 radical (unpaired) electrons. The van der Waals surface area contributed by atoms with Crippen molar-refractivity contribution in [3.63, 3.8) is 0 Å². The van der Waals surface area contributed by atoms with Gasteiger partial charge < -0.3 is 10.2 Å². The van der Waals surface area contributed by atoms with E-state index in [9.17, 15) is 4.79 Å². The highest BCUT2D eigenvalue weighted by molar-refractivity contribution is 8.00.